The lowest BCUT2D eigenvalue weighted by molar-refractivity contribution is -0.118. The minimum Gasteiger partial charge on any atom is -0.484 e. The van der Waals surface area contributed by atoms with Crippen molar-refractivity contribution in [2.75, 3.05) is 25.1 Å². The minimum atomic E-state index is -0.736. The first-order chi connectivity index (χ1) is 12.9. The van der Waals surface area contributed by atoms with Crippen molar-refractivity contribution in [3.63, 3.8) is 0 Å². The number of hydrogen-bond acceptors (Lipinski definition) is 6. The normalized spacial score (nSPS) is 10.7. The number of hydrogen-bond donors (Lipinski definition) is 3. The highest BCUT2D eigenvalue weighted by atomic mass is 35.5. The molecule has 0 radical (unpaired) electrons. The number of nitrogens with zero attached hydrogens (tertiary/aromatic N) is 2. The van der Waals surface area contributed by atoms with Gasteiger partial charge in [-0.2, -0.15) is 0 Å². The molecule has 0 saturated carbocycles. The summed E-state index contributed by atoms with van der Waals surface area (Å²) in [7, 11) is 0. The minimum absolute atomic E-state index is 0.0550. The van der Waals surface area contributed by atoms with E-state index in [0.29, 0.717) is 10.8 Å². The Bertz CT molecular complexity index is 920. The highest BCUT2D eigenvalue weighted by Crippen LogP contribution is 2.15. The van der Waals surface area contributed by atoms with Crippen LogP contribution in [-0.4, -0.2) is 45.1 Å². The van der Waals surface area contributed by atoms with Gasteiger partial charge < -0.3 is 20.3 Å². The molecule has 1 heterocycles. The van der Waals surface area contributed by atoms with Gasteiger partial charge in [0.1, 0.15) is 11.4 Å². The fraction of sp³-hybridized carbons (Fsp3) is 0.353. The Balaban J connectivity index is 2.25. The Morgan fingerprint density at radius 3 is 2.30 bits per heavy atom. The summed E-state index contributed by atoms with van der Waals surface area (Å²) < 4.78 is 7.29. The second-order valence-electron chi connectivity index (χ2n) is 5.59. The van der Waals surface area contributed by atoms with Crippen LogP contribution >= 0.6 is 11.6 Å². The Kier molecular flexibility index (Phi) is 7.17. The first-order valence-electron chi connectivity index (χ1n) is 8.13. The molecule has 146 valence electrons. The van der Waals surface area contributed by atoms with Crippen LogP contribution in [0.3, 0.4) is 0 Å². The number of anilines is 1. The highest BCUT2D eigenvalue weighted by Gasteiger charge is 2.18. The summed E-state index contributed by atoms with van der Waals surface area (Å²) in [6.45, 7) is 0.0840. The fourth-order valence-electron chi connectivity index (χ4n) is 2.46. The van der Waals surface area contributed by atoms with Crippen molar-refractivity contribution in [2.45, 2.75) is 20.0 Å². The van der Waals surface area contributed by atoms with Gasteiger partial charge in [-0.05, 0) is 31.2 Å². The molecule has 0 fully saturated rings. The summed E-state index contributed by atoms with van der Waals surface area (Å²) in [5.74, 6) is -0.177. The summed E-state index contributed by atoms with van der Waals surface area (Å²) in [5, 5.41) is 21.2. The molecule has 3 N–H and O–H groups in total. The van der Waals surface area contributed by atoms with Crippen molar-refractivity contribution in [1.82, 2.24) is 9.13 Å². The smallest absolute Gasteiger partial charge is 0.331 e. The zero-order valence-electron chi connectivity index (χ0n) is 14.6. The van der Waals surface area contributed by atoms with Crippen LogP contribution in [0.25, 0.3) is 0 Å². The molecule has 9 nitrogen and oxygen atoms in total. The molecule has 2 aromatic rings. The number of nitrogens with one attached hydrogen (secondary N) is 1. The first-order valence-corrected chi connectivity index (χ1v) is 8.51. The largest absolute Gasteiger partial charge is 0.484 e. The van der Waals surface area contributed by atoms with Crippen LogP contribution in [-0.2, 0) is 17.9 Å². The maximum atomic E-state index is 12.5. The van der Waals surface area contributed by atoms with Gasteiger partial charge in [0.2, 0.25) is 0 Å². The number of carbonyl (C=O) groups is 1. The van der Waals surface area contributed by atoms with Crippen molar-refractivity contribution in [2.24, 2.45) is 0 Å². The second kappa shape index (κ2) is 9.36. The molecule has 1 aromatic heterocycles. The maximum Gasteiger partial charge on any atom is 0.331 e. The molecule has 1 amide bonds. The van der Waals surface area contributed by atoms with E-state index in [1.54, 1.807) is 24.3 Å². The number of aliphatic hydroxyl groups excluding tert-OH is 2. The monoisotopic (exact) mass is 397 g/mol. The summed E-state index contributed by atoms with van der Waals surface area (Å²) >= 11 is 5.77. The van der Waals surface area contributed by atoms with Crippen LogP contribution in [0, 0.1) is 6.92 Å². The van der Waals surface area contributed by atoms with Gasteiger partial charge in [0.25, 0.3) is 11.5 Å². The molecule has 0 aliphatic heterocycles. The van der Waals surface area contributed by atoms with Crippen LogP contribution in [0.1, 0.15) is 5.69 Å². The number of rotatable bonds is 8. The van der Waals surface area contributed by atoms with Crippen LogP contribution in [0.2, 0.25) is 5.02 Å². The predicted molar refractivity (Wildman–Crippen MR) is 99.4 cm³/mol. The van der Waals surface area contributed by atoms with Crippen molar-refractivity contribution >= 4 is 23.2 Å². The van der Waals surface area contributed by atoms with Gasteiger partial charge in [0, 0.05) is 10.7 Å². The van der Waals surface area contributed by atoms with E-state index < -0.39 is 23.8 Å². The van der Waals surface area contributed by atoms with E-state index in [4.69, 9.17) is 26.6 Å². The third kappa shape index (κ3) is 4.97. The van der Waals surface area contributed by atoms with E-state index >= 15 is 0 Å². The zero-order chi connectivity index (χ0) is 20.0. The zero-order valence-corrected chi connectivity index (χ0v) is 15.4. The summed E-state index contributed by atoms with van der Waals surface area (Å²) in [6, 6.07) is 6.40. The molecule has 0 saturated heterocycles. The lowest BCUT2D eigenvalue weighted by atomic mass is 10.3. The third-order valence-electron chi connectivity index (χ3n) is 3.78. The van der Waals surface area contributed by atoms with Gasteiger partial charge >= 0.3 is 5.69 Å². The number of amides is 1. The van der Waals surface area contributed by atoms with Gasteiger partial charge in [0.15, 0.2) is 6.61 Å². The van der Waals surface area contributed by atoms with E-state index in [-0.39, 0.29) is 37.7 Å². The molecule has 0 spiro atoms. The third-order valence-corrected chi connectivity index (χ3v) is 4.03. The summed E-state index contributed by atoms with van der Waals surface area (Å²) in [4.78, 5) is 37.0. The quantitative estimate of drug-likeness (QED) is 0.575. The van der Waals surface area contributed by atoms with E-state index in [1.807, 2.05) is 0 Å². The van der Waals surface area contributed by atoms with Gasteiger partial charge in [-0.25, -0.2) is 4.79 Å². The van der Waals surface area contributed by atoms with Crippen molar-refractivity contribution in [1.29, 1.82) is 0 Å². The van der Waals surface area contributed by atoms with E-state index in [1.165, 1.54) is 6.92 Å². The van der Waals surface area contributed by atoms with Crippen LogP contribution in [0.15, 0.2) is 33.9 Å². The number of aliphatic hydroxyl groups is 2. The van der Waals surface area contributed by atoms with Crippen LogP contribution < -0.4 is 21.3 Å². The van der Waals surface area contributed by atoms with Crippen molar-refractivity contribution in [3.8, 4) is 5.75 Å². The number of benzene rings is 1. The lowest BCUT2D eigenvalue weighted by Gasteiger charge is -2.16. The molecule has 1 aromatic carbocycles. The first kappa shape index (κ1) is 20.7. The van der Waals surface area contributed by atoms with Gasteiger partial charge in [0.05, 0.1) is 26.3 Å². The topological polar surface area (TPSA) is 123 Å². The Hall–Kier alpha value is -2.62. The molecule has 0 atom stereocenters. The highest BCUT2D eigenvalue weighted by molar-refractivity contribution is 6.30. The standard InChI is InChI=1S/C17H20ClN3O6/c1-11-15(16(25)21(7-9-23)17(26)20(11)6-8-22)19-14(24)10-27-13-4-2-12(18)3-5-13/h2-5,22-23H,6-10H2,1H3,(H,19,24). The van der Waals surface area contributed by atoms with Gasteiger partial charge in [-0.1, -0.05) is 11.6 Å². The molecule has 0 unspecified atom stereocenters. The molecular weight excluding hydrogens is 378 g/mol. The Labute approximate surface area is 159 Å². The molecule has 2 rings (SSSR count). The molecule has 0 bridgehead atoms. The average Bonchev–Trinajstić information content (AvgIpc) is 2.65. The van der Waals surface area contributed by atoms with Crippen LogP contribution in [0.4, 0.5) is 5.69 Å². The molecule has 10 heteroatoms. The fourth-order valence-corrected chi connectivity index (χ4v) is 2.59. The lowest BCUT2D eigenvalue weighted by Crippen LogP contribution is -2.44. The van der Waals surface area contributed by atoms with Crippen molar-refractivity contribution < 1.29 is 19.7 Å². The van der Waals surface area contributed by atoms with Gasteiger partial charge in [-0.3, -0.25) is 18.7 Å². The van der Waals surface area contributed by atoms with E-state index in [9.17, 15) is 14.4 Å². The number of carbonyl (C=O) groups excluding carboxylic acids is 1. The number of aromatic nitrogens is 2. The van der Waals surface area contributed by atoms with Gasteiger partial charge in [-0.15, -0.1) is 0 Å². The van der Waals surface area contributed by atoms with Crippen LogP contribution in [0.5, 0.6) is 5.75 Å². The maximum absolute atomic E-state index is 12.5. The van der Waals surface area contributed by atoms with Crippen molar-refractivity contribution in [3.05, 3.63) is 55.8 Å². The SMILES string of the molecule is Cc1c(NC(=O)COc2ccc(Cl)cc2)c(=O)n(CCO)c(=O)n1CCO. The average molecular weight is 398 g/mol. The molecule has 0 aliphatic carbocycles. The van der Waals surface area contributed by atoms with E-state index in [0.717, 1.165) is 9.13 Å². The summed E-state index contributed by atoms with van der Waals surface area (Å²) in [6.07, 6.45) is 0. The number of ether oxygens (including phenoxy) is 1. The second-order valence-corrected chi connectivity index (χ2v) is 6.03. The molecular formula is C17H20ClN3O6. The molecule has 0 aliphatic rings. The predicted octanol–water partition coefficient (Wildman–Crippen LogP) is -0.0261. The molecule has 27 heavy (non-hydrogen) atoms. The number of halogens is 1. The Morgan fingerprint density at radius 1 is 1.11 bits per heavy atom. The van der Waals surface area contributed by atoms with E-state index in [2.05, 4.69) is 5.32 Å². The summed E-state index contributed by atoms with van der Waals surface area (Å²) in [5.41, 5.74) is -1.31. The Morgan fingerprint density at radius 2 is 1.70 bits per heavy atom.